The molecule has 5 rings (SSSR count). The zero-order valence-electron chi connectivity index (χ0n) is 15.8. The summed E-state index contributed by atoms with van der Waals surface area (Å²) in [4.78, 5) is 4.06. The fourth-order valence-electron chi connectivity index (χ4n) is 3.62. The Kier molecular flexibility index (Phi) is 4.61. The topological polar surface area (TPSA) is 74.6 Å². The van der Waals surface area contributed by atoms with Crippen LogP contribution in [0.4, 0.5) is 4.39 Å². The van der Waals surface area contributed by atoms with Crippen molar-refractivity contribution in [3.63, 3.8) is 0 Å². The van der Waals surface area contributed by atoms with Crippen LogP contribution >= 0.6 is 11.6 Å². The van der Waals surface area contributed by atoms with Gasteiger partial charge in [0.2, 0.25) is 0 Å². The van der Waals surface area contributed by atoms with Crippen LogP contribution in [-0.2, 0) is 6.42 Å². The van der Waals surface area contributed by atoms with Crippen LogP contribution in [0.1, 0.15) is 41.1 Å². The smallest absolute Gasteiger partial charge is 0.169 e. The van der Waals surface area contributed by atoms with Gasteiger partial charge in [-0.1, -0.05) is 23.7 Å². The average Bonchev–Trinajstić information content (AvgIpc) is 3.51. The molecule has 4 aromatic rings. The lowest BCUT2D eigenvalue weighted by Crippen LogP contribution is -2.01. The fourth-order valence-corrected chi connectivity index (χ4v) is 3.84. The number of fused-ring (bicyclic) bond motifs is 1. The van der Waals surface area contributed by atoms with Gasteiger partial charge in [0.25, 0.3) is 0 Å². The Balaban J connectivity index is 1.55. The van der Waals surface area contributed by atoms with E-state index in [0.717, 1.165) is 35.0 Å². The first-order valence-electron chi connectivity index (χ1n) is 9.59. The number of aromatic nitrogens is 3. The Hall–Kier alpha value is -3.43. The van der Waals surface area contributed by atoms with E-state index in [1.165, 1.54) is 0 Å². The third-order valence-corrected chi connectivity index (χ3v) is 5.47. The van der Waals surface area contributed by atoms with Crippen LogP contribution in [0.15, 0.2) is 48.8 Å². The Morgan fingerprint density at radius 3 is 2.90 bits per heavy atom. The van der Waals surface area contributed by atoms with E-state index in [1.807, 2.05) is 24.3 Å². The van der Waals surface area contributed by atoms with Gasteiger partial charge in [-0.2, -0.15) is 10.4 Å². The van der Waals surface area contributed by atoms with Gasteiger partial charge < -0.3 is 4.74 Å². The van der Waals surface area contributed by atoms with E-state index in [9.17, 15) is 5.26 Å². The lowest BCUT2D eigenvalue weighted by molar-refractivity contribution is 0.433. The molecular weight excluding hydrogens is 403 g/mol. The fraction of sp³-hybridized carbons (Fsp3) is 0.174. The summed E-state index contributed by atoms with van der Waals surface area (Å²) in [5.41, 5.74) is 3.25. The van der Waals surface area contributed by atoms with Crippen molar-refractivity contribution in [3.05, 3.63) is 82.0 Å². The highest BCUT2D eigenvalue weighted by atomic mass is 35.5. The van der Waals surface area contributed by atoms with Crippen molar-refractivity contribution in [3.8, 4) is 17.6 Å². The summed E-state index contributed by atoms with van der Waals surface area (Å²) in [6.45, 7) is 0. The molecule has 0 spiro atoms. The van der Waals surface area contributed by atoms with E-state index in [1.54, 1.807) is 30.6 Å². The number of benzene rings is 2. The van der Waals surface area contributed by atoms with Gasteiger partial charge in [0.1, 0.15) is 11.3 Å². The Labute approximate surface area is 177 Å². The number of H-pyrrole nitrogens is 1. The van der Waals surface area contributed by atoms with Crippen LogP contribution in [0.5, 0.6) is 11.5 Å². The maximum atomic E-state index is 15.6. The van der Waals surface area contributed by atoms with Gasteiger partial charge in [-0.25, -0.2) is 4.39 Å². The van der Waals surface area contributed by atoms with Gasteiger partial charge in [-0.3, -0.25) is 10.1 Å². The number of halogens is 2. The van der Waals surface area contributed by atoms with Gasteiger partial charge in [-0.15, -0.1) is 0 Å². The second kappa shape index (κ2) is 7.43. The van der Waals surface area contributed by atoms with Crippen LogP contribution < -0.4 is 4.74 Å². The second-order valence-electron chi connectivity index (χ2n) is 7.39. The predicted octanol–water partition coefficient (Wildman–Crippen LogP) is 5.88. The molecule has 1 N–H and O–H groups in total. The maximum Gasteiger partial charge on any atom is 0.169 e. The molecule has 1 saturated carbocycles. The normalized spacial score (nSPS) is 13.4. The number of ether oxygens (including phenoxy) is 1. The van der Waals surface area contributed by atoms with Crippen molar-refractivity contribution < 1.29 is 9.13 Å². The van der Waals surface area contributed by atoms with E-state index in [2.05, 4.69) is 15.2 Å². The van der Waals surface area contributed by atoms with Gasteiger partial charge >= 0.3 is 0 Å². The number of rotatable bonds is 5. The standard InChI is InChI=1S/C23H16ClFN4O/c24-16-7-13(11-26)8-17(10-16)30-23-18(14-1-2-14)4-3-15(22(23)25)9-20-19-5-6-27-12-21(19)29-28-20/h3-8,10,12,14H,1-2,9H2,(H,28,29). The third-order valence-electron chi connectivity index (χ3n) is 5.25. The van der Waals surface area contributed by atoms with Crippen LogP contribution in [-0.4, -0.2) is 15.2 Å². The molecule has 0 radical (unpaired) electrons. The molecule has 0 aliphatic heterocycles. The number of nitriles is 1. The Morgan fingerprint density at radius 2 is 2.10 bits per heavy atom. The molecule has 2 aromatic carbocycles. The number of aromatic amines is 1. The van der Waals surface area contributed by atoms with Crippen molar-refractivity contribution in [2.45, 2.75) is 25.2 Å². The molecule has 0 amide bonds. The van der Waals surface area contributed by atoms with Gasteiger partial charge in [0.15, 0.2) is 11.6 Å². The molecule has 0 bridgehead atoms. The third kappa shape index (κ3) is 3.49. The Bertz CT molecular complexity index is 1310. The van der Waals surface area contributed by atoms with Gasteiger partial charge in [-0.05, 0) is 48.6 Å². The quantitative estimate of drug-likeness (QED) is 0.439. The molecule has 2 aromatic heterocycles. The average molecular weight is 419 g/mol. The molecule has 1 aliphatic carbocycles. The molecule has 1 aliphatic rings. The zero-order valence-corrected chi connectivity index (χ0v) is 16.6. The van der Waals surface area contributed by atoms with Crippen molar-refractivity contribution >= 4 is 22.5 Å². The second-order valence-corrected chi connectivity index (χ2v) is 7.83. The number of nitrogens with zero attached hydrogens (tertiary/aromatic N) is 3. The molecule has 2 heterocycles. The summed E-state index contributed by atoms with van der Waals surface area (Å²) in [7, 11) is 0. The molecule has 1 fully saturated rings. The highest BCUT2D eigenvalue weighted by molar-refractivity contribution is 6.30. The Morgan fingerprint density at radius 1 is 1.23 bits per heavy atom. The van der Waals surface area contributed by atoms with E-state index in [-0.39, 0.29) is 11.7 Å². The van der Waals surface area contributed by atoms with Crippen molar-refractivity contribution in [2.24, 2.45) is 0 Å². The zero-order chi connectivity index (χ0) is 20.7. The SMILES string of the molecule is N#Cc1cc(Cl)cc(Oc2c(C3CC3)ccc(Cc3[nH]nc4cnccc34)c2F)c1. The van der Waals surface area contributed by atoms with Crippen molar-refractivity contribution in [1.82, 2.24) is 15.2 Å². The van der Waals surface area contributed by atoms with Crippen LogP contribution in [0.25, 0.3) is 10.9 Å². The summed E-state index contributed by atoms with van der Waals surface area (Å²) in [5, 5.41) is 17.7. The predicted molar refractivity (Wildman–Crippen MR) is 111 cm³/mol. The molecule has 0 saturated heterocycles. The minimum Gasteiger partial charge on any atom is -0.454 e. The van der Waals surface area contributed by atoms with E-state index in [0.29, 0.717) is 28.3 Å². The highest BCUT2D eigenvalue weighted by Gasteiger charge is 2.30. The number of nitrogens with one attached hydrogen (secondary N) is 1. The first kappa shape index (κ1) is 18.6. The van der Waals surface area contributed by atoms with E-state index in [4.69, 9.17) is 16.3 Å². The van der Waals surface area contributed by atoms with E-state index >= 15 is 4.39 Å². The highest BCUT2D eigenvalue weighted by Crippen LogP contribution is 2.47. The summed E-state index contributed by atoms with van der Waals surface area (Å²) in [6.07, 6.45) is 5.71. The molecule has 0 unspecified atom stereocenters. The summed E-state index contributed by atoms with van der Waals surface area (Å²) >= 11 is 6.09. The van der Waals surface area contributed by atoms with Gasteiger partial charge in [0, 0.05) is 34.3 Å². The van der Waals surface area contributed by atoms with Crippen LogP contribution in [0.2, 0.25) is 5.02 Å². The van der Waals surface area contributed by atoms with Crippen LogP contribution in [0, 0.1) is 17.1 Å². The van der Waals surface area contributed by atoms with Crippen molar-refractivity contribution in [1.29, 1.82) is 5.26 Å². The number of pyridine rings is 1. The summed E-state index contributed by atoms with van der Waals surface area (Å²) < 4.78 is 21.6. The number of hydrogen-bond acceptors (Lipinski definition) is 4. The molecule has 0 atom stereocenters. The minimum absolute atomic E-state index is 0.201. The summed E-state index contributed by atoms with van der Waals surface area (Å²) in [5.74, 6) is 0.425. The minimum atomic E-state index is -0.408. The lowest BCUT2D eigenvalue weighted by atomic mass is 10.0. The summed E-state index contributed by atoms with van der Waals surface area (Å²) in [6, 6.07) is 12.3. The first-order chi connectivity index (χ1) is 14.6. The first-order valence-corrected chi connectivity index (χ1v) is 9.97. The lowest BCUT2D eigenvalue weighted by Gasteiger charge is -2.15. The molecule has 30 heavy (non-hydrogen) atoms. The molecular formula is C23H16ClFN4O. The van der Waals surface area contributed by atoms with Gasteiger partial charge in [0.05, 0.1) is 17.8 Å². The van der Waals surface area contributed by atoms with Crippen molar-refractivity contribution in [2.75, 3.05) is 0 Å². The maximum absolute atomic E-state index is 15.6. The molecule has 5 nitrogen and oxygen atoms in total. The van der Waals surface area contributed by atoms with Crippen LogP contribution in [0.3, 0.4) is 0 Å². The molecule has 7 heteroatoms. The monoisotopic (exact) mass is 418 g/mol. The largest absolute Gasteiger partial charge is 0.454 e. The number of hydrogen-bond donors (Lipinski definition) is 1. The molecule has 148 valence electrons. The van der Waals surface area contributed by atoms with E-state index < -0.39 is 5.82 Å².